The van der Waals surface area contributed by atoms with Crippen molar-refractivity contribution in [2.24, 2.45) is 0 Å². The van der Waals surface area contributed by atoms with E-state index in [9.17, 15) is 19.4 Å². The minimum absolute atomic E-state index is 0.0492. The summed E-state index contributed by atoms with van der Waals surface area (Å²) in [5.41, 5.74) is 0.329. The molecule has 1 aromatic carbocycles. The van der Waals surface area contributed by atoms with Crippen molar-refractivity contribution in [3.63, 3.8) is 0 Å². The van der Waals surface area contributed by atoms with Crippen molar-refractivity contribution in [1.82, 2.24) is 10.3 Å². The molecule has 0 radical (unpaired) electrons. The lowest BCUT2D eigenvalue weighted by atomic mass is 10.1. The van der Waals surface area contributed by atoms with Crippen LogP contribution in [0.25, 0.3) is 0 Å². The van der Waals surface area contributed by atoms with Crippen LogP contribution in [-0.4, -0.2) is 28.2 Å². The van der Waals surface area contributed by atoms with Gasteiger partial charge in [-0.25, -0.2) is 9.37 Å². The van der Waals surface area contributed by atoms with E-state index < -0.39 is 24.1 Å². The van der Waals surface area contributed by atoms with Crippen LogP contribution in [0.4, 0.5) is 4.39 Å². The number of carbonyl (C=O) groups excluding carboxylic acids is 1. The summed E-state index contributed by atoms with van der Waals surface area (Å²) in [5, 5.41) is 21.7. The molecule has 0 spiro atoms. The molecule has 0 atom stereocenters. The average Bonchev–Trinajstić information content (AvgIpc) is 2.55. The second-order valence-electron chi connectivity index (χ2n) is 4.56. The molecule has 0 aliphatic heterocycles. The van der Waals surface area contributed by atoms with Crippen LogP contribution in [0.2, 0.25) is 5.02 Å². The van der Waals surface area contributed by atoms with Crippen molar-refractivity contribution in [3.05, 3.63) is 52.1 Å². The van der Waals surface area contributed by atoms with Crippen molar-refractivity contribution >= 4 is 17.5 Å². The van der Waals surface area contributed by atoms with Crippen LogP contribution < -0.4 is 10.1 Å². The molecule has 0 unspecified atom stereocenters. The van der Waals surface area contributed by atoms with Crippen LogP contribution >= 0.6 is 11.6 Å². The van der Waals surface area contributed by atoms with Gasteiger partial charge in [0.05, 0.1) is 11.6 Å². The number of carbonyl (C=O) groups is 1. The number of nitrogens with one attached hydrogen (secondary N) is 1. The van der Waals surface area contributed by atoms with Gasteiger partial charge in [-0.15, -0.1) is 0 Å². The lowest BCUT2D eigenvalue weighted by Crippen LogP contribution is -2.20. The second-order valence-corrected chi connectivity index (χ2v) is 4.97. The number of aromatic hydroxyl groups is 1. The Morgan fingerprint density at radius 2 is 2.22 bits per heavy atom. The first-order valence-corrected chi connectivity index (χ1v) is 6.96. The number of aliphatic hydroxyl groups is 1. The zero-order valence-corrected chi connectivity index (χ0v) is 12.9. The molecule has 2 aromatic rings. The Morgan fingerprint density at radius 3 is 2.83 bits per heavy atom. The number of aliphatic hydroxyl groups excluding tert-OH is 1. The summed E-state index contributed by atoms with van der Waals surface area (Å²) >= 11 is 5.66. The summed E-state index contributed by atoms with van der Waals surface area (Å²) in [6.45, 7) is -0.548. The van der Waals surface area contributed by atoms with Gasteiger partial charge in [0.1, 0.15) is 18.2 Å². The third-order valence-electron chi connectivity index (χ3n) is 3.13. The van der Waals surface area contributed by atoms with Crippen molar-refractivity contribution < 1.29 is 24.1 Å². The second kappa shape index (κ2) is 7.26. The fraction of sp³-hybridized carbons (Fsp3) is 0.200. The number of aromatic nitrogens is 1. The first kappa shape index (κ1) is 17.0. The van der Waals surface area contributed by atoms with Gasteiger partial charge in [0, 0.05) is 30.4 Å². The number of halogens is 2. The molecule has 6 nitrogen and oxygen atoms in total. The van der Waals surface area contributed by atoms with Gasteiger partial charge in [-0.05, 0) is 12.1 Å². The molecule has 1 amide bonds. The van der Waals surface area contributed by atoms with Gasteiger partial charge in [0.25, 0.3) is 5.91 Å². The highest BCUT2D eigenvalue weighted by molar-refractivity contribution is 6.30. The highest BCUT2D eigenvalue weighted by Crippen LogP contribution is 2.26. The lowest BCUT2D eigenvalue weighted by Gasteiger charge is -2.13. The first-order chi connectivity index (χ1) is 11.0. The number of nitrogens with zero attached hydrogens (tertiary/aromatic N) is 1. The smallest absolute Gasteiger partial charge is 0.273 e. The molecule has 0 bridgehead atoms. The quantitative estimate of drug-likeness (QED) is 0.774. The maximum Gasteiger partial charge on any atom is 0.273 e. The van der Waals surface area contributed by atoms with Gasteiger partial charge in [-0.1, -0.05) is 11.6 Å². The summed E-state index contributed by atoms with van der Waals surface area (Å²) in [5.74, 6) is -1.24. The maximum atomic E-state index is 13.1. The maximum absolute atomic E-state index is 13.1. The molecule has 0 aliphatic carbocycles. The predicted octanol–water partition coefficient (Wildman–Crippen LogP) is 2.01. The SMILES string of the molecule is CNC(=O)c1ncc(COc2ccc(F)c(Cl)c2)c(CO)c1O. The monoisotopic (exact) mass is 340 g/mol. The Balaban J connectivity index is 2.24. The fourth-order valence-electron chi connectivity index (χ4n) is 1.89. The van der Waals surface area contributed by atoms with Crippen molar-refractivity contribution in [2.75, 3.05) is 7.05 Å². The van der Waals surface area contributed by atoms with Crippen LogP contribution in [-0.2, 0) is 13.2 Å². The molecule has 0 saturated carbocycles. The average molecular weight is 341 g/mol. The van der Waals surface area contributed by atoms with Crippen molar-refractivity contribution in [1.29, 1.82) is 0 Å². The minimum atomic E-state index is -0.574. The number of hydrogen-bond donors (Lipinski definition) is 3. The molecular formula is C15H14ClFN2O4. The van der Waals surface area contributed by atoms with E-state index in [2.05, 4.69) is 10.3 Å². The van der Waals surface area contributed by atoms with Gasteiger partial charge in [-0.3, -0.25) is 4.79 Å². The summed E-state index contributed by atoms with van der Waals surface area (Å²) in [7, 11) is 1.40. The minimum Gasteiger partial charge on any atom is -0.505 e. The van der Waals surface area contributed by atoms with E-state index >= 15 is 0 Å². The van der Waals surface area contributed by atoms with E-state index in [1.54, 1.807) is 0 Å². The van der Waals surface area contributed by atoms with E-state index in [-0.39, 0.29) is 22.9 Å². The van der Waals surface area contributed by atoms with E-state index in [0.29, 0.717) is 11.3 Å². The summed E-state index contributed by atoms with van der Waals surface area (Å²) < 4.78 is 18.5. The Morgan fingerprint density at radius 1 is 1.48 bits per heavy atom. The van der Waals surface area contributed by atoms with Crippen molar-refractivity contribution in [2.45, 2.75) is 13.2 Å². The Kier molecular flexibility index (Phi) is 5.36. The first-order valence-electron chi connectivity index (χ1n) is 6.58. The molecule has 23 heavy (non-hydrogen) atoms. The summed E-state index contributed by atoms with van der Waals surface area (Å²) in [6.07, 6.45) is 1.32. The van der Waals surface area contributed by atoms with E-state index in [4.69, 9.17) is 16.3 Å². The van der Waals surface area contributed by atoms with Gasteiger partial charge in [0.15, 0.2) is 11.4 Å². The molecule has 0 aliphatic rings. The molecule has 0 fully saturated rings. The topological polar surface area (TPSA) is 91.7 Å². The molecular weight excluding hydrogens is 327 g/mol. The zero-order chi connectivity index (χ0) is 17.0. The summed E-state index contributed by atoms with van der Waals surface area (Å²) in [6, 6.07) is 3.86. The van der Waals surface area contributed by atoms with Crippen LogP contribution in [0.1, 0.15) is 21.6 Å². The third kappa shape index (κ3) is 3.69. The van der Waals surface area contributed by atoms with Crippen LogP contribution in [0.3, 0.4) is 0 Å². The molecule has 3 N–H and O–H groups in total. The number of ether oxygens (including phenoxy) is 1. The third-order valence-corrected chi connectivity index (χ3v) is 3.42. The number of amides is 1. The normalized spacial score (nSPS) is 10.4. The zero-order valence-electron chi connectivity index (χ0n) is 12.1. The van der Waals surface area contributed by atoms with E-state index in [1.165, 1.54) is 25.4 Å². The number of benzene rings is 1. The van der Waals surface area contributed by atoms with Gasteiger partial charge in [0.2, 0.25) is 0 Å². The number of rotatable bonds is 5. The number of hydrogen-bond acceptors (Lipinski definition) is 5. The molecule has 2 rings (SSSR count). The molecule has 122 valence electrons. The van der Waals surface area contributed by atoms with Gasteiger partial charge >= 0.3 is 0 Å². The molecule has 0 saturated heterocycles. The van der Waals surface area contributed by atoms with Crippen LogP contribution in [0, 0.1) is 5.82 Å². The molecule has 1 heterocycles. The Hall–Kier alpha value is -2.38. The van der Waals surface area contributed by atoms with Crippen molar-refractivity contribution in [3.8, 4) is 11.5 Å². The largest absolute Gasteiger partial charge is 0.505 e. The fourth-order valence-corrected chi connectivity index (χ4v) is 2.06. The van der Waals surface area contributed by atoms with Crippen LogP contribution in [0.5, 0.6) is 11.5 Å². The Labute approximate surface area is 136 Å². The number of pyridine rings is 1. The van der Waals surface area contributed by atoms with E-state index in [0.717, 1.165) is 6.07 Å². The lowest BCUT2D eigenvalue weighted by molar-refractivity contribution is 0.0954. The standard InChI is InChI=1S/C15H14ClFN2O4/c1-18-15(22)13-14(21)10(6-20)8(5-19-13)7-23-9-2-3-12(17)11(16)4-9/h2-5,20-21H,6-7H2,1H3,(H,18,22). The molecule has 1 aromatic heterocycles. The predicted molar refractivity (Wildman–Crippen MR) is 81.0 cm³/mol. The van der Waals surface area contributed by atoms with Crippen LogP contribution in [0.15, 0.2) is 24.4 Å². The highest BCUT2D eigenvalue weighted by atomic mass is 35.5. The highest BCUT2D eigenvalue weighted by Gasteiger charge is 2.18. The Bertz CT molecular complexity index is 740. The van der Waals surface area contributed by atoms with Gasteiger partial charge < -0.3 is 20.3 Å². The van der Waals surface area contributed by atoms with E-state index in [1.807, 2.05) is 0 Å². The van der Waals surface area contributed by atoms with Gasteiger partial charge in [-0.2, -0.15) is 0 Å². The summed E-state index contributed by atoms with van der Waals surface area (Å²) in [4.78, 5) is 15.4. The molecule has 8 heteroatoms.